The van der Waals surface area contributed by atoms with Gasteiger partial charge in [-0.2, -0.15) is 11.8 Å². The van der Waals surface area contributed by atoms with Crippen molar-refractivity contribution in [3.63, 3.8) is 0 Å². The summed E-state index contributed by atoms with van der Waals surface area (Å²) < 4.78 is -0.522. The van der Waals surface area contributed by atoms with Gasteiger partial charge in [-0.15, -0.1) is 0 Å². The van der Waals surface area contributed by atoms with E-state index in [0.29, 0.717) is 0 Å². The Kier molecular flexibility index (Phi) is 6.49. The Morgan fingerprint density at radius 1 is 0.818 bits per heavy atom. The smallest absolute Gasteiger partial charge is 0.0652 e. The third kappa shape index (κ3) is 4.13. The zero-order chi connectivity index (χ0) is 15.8. The van der Waals surface area contributed by atoms with Crippen LogP contribution >= 0.6 is 11.8 Å². The van der Waals surface area contributed by atoms with Crippen LogP contribution in [0.4, 0.5) is 0 Å². The third-order valence-electron chi connectivity index (χ3n) is 4.34. The Bertz CT molecular complexity index is 488. The molecule has 0 aliphatic heterocycles. The lowest BCUT2D eigenvalue weighted by atomic mass is 9.82. The predicted molar refractivity (Wildman–Crippen MR) is 94.2 cm³/mol. The molecule has 0 aliphatic rings. The van der Waals surface area contributed by atoms with Gasteiger partial charge in [0.2, 0.25) is 0 Å². The number of rotatable bonds is 8. The van der Waals surface area contributed by atoms with Crippen LogP contribution < -0.4 is 0 Å². The van der Waals surface area contributed by atoms with Crippen LogP contribution in [0.1, 0.15) is 11.1 Å². The molecule has 2 rings (SSSR count). The lowest BCUT2D eigenvalue weighted by Gasteiger charge is -2.37. The molecule has 0 atom stereocenters. The molecule has 2 N–H and O–H groups in total. The van der Waals surface area contributed by atoms with Crippen LogP contribution in [0.25, 0.3) is 0 Å². The Morgan fingerprint density at radius 3 is 1.55 bits per heavy atom. The van der Waals surface area contributed by atoms with Gasteiger partial charge < -0.3 is 10.2 Å². The molecule has 0 unspecified atom stereocenters. The van der Waals surface area contributed by atoms with Gasteiger partial charge in [-0.1, -0.05) is 60.7 Å². The van der Waals surface area contributed by atoms with Gasteiger partial charge in [0.25, 0.3) is 0 Å². The second-order valence-electron chi connectivity index (χ2n) is 5.66. The lowest BCUT2D eigenvalue weighted by Crippen LogP contribution is -2.44. The van der Waals surface area contributed by atoms with Crippen molar-refractivity contribution in [1.29, 1.82) is 0 Å². The number of aliphatic hydroxyl groups is 2. The summed E-state index contributed by atoms with van der Waals surface area (Å²) in [4.78, 5) is 0. The SMILES string of the molecule is CSC(CO)(CO)C(Cc1ccccc1)Cc1ccccc1. The summed E-state index contributed by atoms with van der Waals surface area (Å²) in [6.07, 6.45) is 3.66. The van der Waals surface area contributed by atoms with E-state index >= 15 is 0 Å². The molecule has 0 aliphatic carbocycles. The minimum Gasteiger partial charge on any atom is -0.395 e. The molecule has 0 fully saturated rings. The maximum Gasteiger partial charge on any atom is 0.0652 e. The molecule has 2 nitrogen and oxygen atoms in total. The van der Waals surface area contributed by atoms with E-state index in [2.05, 4.69) is 24.3 Å². The van der Waals surface area contributed by atoms with Gasteiger partial charge in [-0.25, -0.2) is 0 Å². The lowest BCUT2D eigenvalue weighted by molar-refractivity contribution is 0.132. The first kappa shape index (κ1) is 17.1. The zero-order valence-electron chi connectivity index (χ0n) is 13.0. The van der Waals surface area contributed by atoms with Crippen molar-refractivity contribution in [1.82, 2.24) is 0 Å². The molecule has 0 radical (unpaired) electrons. The molecule has 2 aromatic carbocycles. The maximum atomic E-state index is 9.92. The van der Waals surface area contributed by atoms with Crippen LogP contribution in [-0.4, -0.2) is 34.4 Å². The highest BCUT2D eigenvalue weighted by molar-refractivity contribution is 8.00. The average Bonchev–Trinajstić information content (AvgIpc) is 2.59. The van der Waals surface area contributed by atoms with Crippen molar-refractivity contribution in [3.05, 3.63) is 71.8 Å². The van der Waals surface area contributed by atoms with Crippen molar-refractivity contribution in [2.45, 2.75) is 17.6 Å². The molecule has 2 aromatic rings. The standard InChI is InChI=1S/C19H24O2S/c1-22-19(14-20,15-21)18(12-16-8-4-2-5-9-16)13-17-10-6-3-7-11-17/h2-11,18,20-21H,12-15H2,1H3. The van der Waals surface area contributed by atoms with E-state index < -0.39 is 4.75 Å². The molecule has 0 heterocycles. The Balaban J connectivity index is 2.27. The molecule has 22 heavy (non-hydrogen) atoms. The van der Waals surface area contributed by atoms with Gasteiger partial charge in [0.15, 0.2) is 0 Å². The zero-order valence-corrected chi connectivity index (χ0v) is 13.8. The van der Waals surface area contributed by atoms with Gasteiger partial charge in [0.05, 0.1) is 18.0 Å². The van der Waals surface area contributed by atoms with Gasteiger partial charge in [0, 0.05) is 0 Å². The first-order chi connectivity index (χ1) is 10.7. The predicted octanol–water partition coefficient (Wildman–Crippen LogP) is 3.17. The third-order valence-corrected chi connectivity index (χ3v) is 5.74. The Hall–Kier alpha value is -1.29. The summed E-state index contributed by atoms with van der Waals surface area (Å²) in [5.41, 5.74) is 2.48. The highest BCUT2D eigenvalue weighted by atomic mass is 32.2. The molecule has 118 valence electrons. The van der Waals surface area contributed by atoms with Crippen molar-refractivity contribution in [3.8, 4) is 0 Å². The second kappa shape index (κ2) is 8.37. The molecule has 0 bridgehead atoms. The highest BCUT2D eigenvalue weighted by Crippen LogP contribution is 2.35. The van der Waals surface area contributed by atoms with Crippen molar-refractivity contribution < 1.29 is 10.2 Å². The Morgan fingerprint density at radius 2 is 1.23 bits per heavy atom. The number of thioether (sulfide) groups is 1. The largest absolute Gasteiger partial charge is 0.395 e. The van der Waals surface area contributed by atoms with Crippen molar-refractivity contribution in [2.75, 3.05) is 19.5 Å². The molecular weight excluding hydrogens is 292 g/mol. The van der Waals surface area contributed by atoms with Crippen LogP contribution in [0.3, 0.4) is 0 Å². The molecule has 3 heteroatoms. The molecule has 0 aromatic heterocycles. The van der Waals surface area contributed by atoms with E-state index in [4.69, 9.17) is 0 Å². The van der Waals surface area contributed by atoms with Gasteiger partial charge in [0.1, 0.15) is 0 Å². The molecule has 0 spiro atoms. The van der Waals surface area contributed by atoms with Crippen LogP contribution in [0.2, 0.25) is 0 Å². The van der Waals surface area contributed by atoms with Crippen LogP contribution in [-0.2, 0) is 12.8 Å². The van der Waals surface area contributed by atoms with Crippen LogP contribution in [0.15, 0.2) is 60.7 Å². The molecular formula is C19H24O2S. The number of aliphatic hydroxyl groups excluding tert-OH is 2. The molecule has 0 amide bonds. The van der Waals surface area contributed by atoms with Gasteiger partial charge in [-0.05, 0) is 36.1 Å². The number of hydrogen-bond donors (Lipinski definition) is 2. The normalized spacial score (nSPS) is 11.8. The summed E-state index contributed by atoms with van der Waals surface area (Å²) in [7, 11) is 0. The summed E-state index contributed by atoms with van der Waals surface area (Å²) >= 11 is 1.56. The van der Waals surface area contributed by atoms with Crippen molar-refractivity contribution >= 4 is 11.8 Å². The Labute approximate surface area is 137 Å². The summed E-state index contributed by atoms with van der Waals surface area (Å²) in [5.74, 6) is 0.169. The van der Waals surface area contributed by atoms with Gasteiger partial charge >= 0.3 is 0 Å². The van der Waals surface area contributed by atoms with Crippen molar-refractivity contribution in [2.24, 2.45) is 5.92 Å². The highest BCUT2D eigenvalue weighted by Gasteiger charge is 2.37. The average molecular weight is 316 g/mol. The minimum atomic E-state index is -0.522. The number of benzene rings is 2. The first-order valence-electron chi connectivity index (χ1n) is 7.59. The maximum absolute atomic E-state index is 9.92. The fourth-order valence-corrected chi connectivity index (χ4v) is 3.60. The van der Waals surface area contributed by atoms with E-state index in [9.17, 15) is 10.2 Å². The second-order valence-corrected chi connectivity index (χ2v) is 6.88. The van der Waals surface area contributed by atoms with E-state index in [-0.39, 0.29) is 19.1 Å². The van der Waals surface area contributed by atoms with Crippen LogP contribution in [0, 0.1) is 5.92 Å². The summed E-state index contributed by atoms with van der Waals surface area (Å²) in [5, 5.41) is 19.8. The monoisotopic (exact) mass is 316 g/mol. The number of hydrogen-bond acceptors (Lipinski definition) is 3. The van der Waals surface area contributed by atoms with E-state index in [1.165, 1.54) is 11.1 Å². The summed E-state index contributed by atoms with van der Waals surface area (Å²) in [6.45, 7) is -0.0377. The molecule has 0 saturated carbocycles. The molecule has 0 saturated heterocycles. The first-order valence-corrected chi connectivity index (χ1v) is 8.81. The van der Waals surface area contributed by atoms with E-state index in [0.717, 1.165) is 12.8 Å². The van der Waals surface area contributed by atoms with Gasteiger partial charge in [-0.3, -0.25) is 0 Å². The van der Waals surface area contributed by atoms with Crippen LogP contribution in [0.5, 0.6) is 0 Å². The quantitative estimate of drug-likeness (QED) is 0.786. The minimum absolute atomic E-state index is 0.0188. The summed E-state index contributed by atoms with van der Waals surface area (Å²) in [6, 6.07) is 20.6. The van der Waals surface area contributed by atoms with E-state index in [1.54, 1.807) is 11.8 Å². The van der Waals surface area contributed by atoms with E-state index in [1.807, 2.05) is 42.7 Å². The fraction of sp³-hybridized carbons (Fsp3) is 0.368. The fourth-order valence-electron chi connectivity index (χ4n) is 2.85. The topological polar surface area (TPSA) is 40.5 Å².